The molecule has 2 heterocycles. The van der Waals surface area contributed by atoms with Crippen molar-refractivity contribution in [2.75, 3.05) is 0 Å². The van der Waals surface area contributed by atoms with Crippen molar-refractivity contribution in [1.82, 2.24) is 19.1 Å². The average Bonchev–Trinajstić information content (AvgIpc) is 3.10. The monoisotopic (exact) mass is 414 g/mol. The van der Waals surface area contributed by atoms with Gasteiger partial charge in [0.1, 0.15) is 18.2 Å². The third kappa shape index (κ3) is 4.40. The van der Waals surface area contributed by atoms with Crippen molar-refractivity contribution in [1.29, 1.82) is 0 Å². The maximum atomic E-state index is 13.6. The lowest BCUT2D eigenvalue weighted by atomic mass is 10.2. The minimum atomic E-state index is -0.676. The quantitative estimate of drug-likeness (QED) is 0.451. The van der Waals surface area contributed by atoms with Gasteiger partial charge in [-0.3, -0.25) is 14.3 Å². The SMILES string of the molecule is CCCCn1c(=O)[nH]c(=O)c2c1nc(COC(=O)/C=C/c1ccccc1F)n2CC. The fraction of sp³-hybridized carbons (Fsp3) is 0.333. The summed E-state index contributed by atoms with van der Waals surface area (Å²) in [5.74, 6) is -0.773. The number of hydrogen-bond donors (Lipinski definition) is 1. The van der Waals surface area contributed by atoms with Crippen LogP contribution in [-0.2, 0) is 29.2 Å². The third-order valence-electron chi connectivity index (χ3n) is 4.66. The lowest BCUT2D eigenvalue weighted by Crippen LogP contribution is -2.31. The number of benzene rings is 1. The minimum absolute atomic E-state index is 0.190. The summed E-state index contributed by atoms with van der Waals surface area (Å²) < 4.78 is 21.9. The summed E-state index contributed by atoms with van der Waals surface area (Å²) in [6.07, 6.45) is 4.08. The summed E-state index contributed by atoms with van der Waals surface area (Å²) in [4.78, 5) is 43.4. The molecule has 0 saturated heterocycles. The number of carbonyl (C=O) groups excluding carboxylic acids is 1. The number of esters is 1. The highest BCUT2D eigenvalue weighted by molar-refractivity contribution is 5.87. The molecule has 3 aromatic rings. The minimum Gasteiger partial charge on any atom is -0.454 e. The number of imidazole rings is 1. The van der Waals surface area contributed by atoms with Crippen LogP contribution in [0.25, 0.3) is 17.2 Å². The summed E-state index contributed by atoms with van der Waals surface area (Å²) in [5.41, 5.74) is -0.248. The summed E-state index contributed by atoms with van der Waals surface area (Å²) in [6.45, 7) is 4.46. The van der Waals surface area contributed by atoms with Crippen LogP contribution in [0.1, 0.15) is 38.1 Å². The van der Waals surface area contributed by atoms with Crippen molar-refractivity contribution >= 4 is 23.2 Å². The Morgan fingerprint density at radius 3 is 2.70 bits per heavy atom. The Morgan fingerprint density at radius 2 is 2.00 bits per heavy atom. The number of ether oxygens (including phenoxy) is 1. The highest BCUT2D eigenvalue weighted by Crippen LogP contribution is 2.14. The Bertz CT molecular complexity index is 1210. The zero-order chi connectivity index (χ0) is 21.7. The van der Waals surface area contributed by atoms with Crippen molar-refractivity contribution < 1.29 is 13.9 Å². The van der Waals surface area contributed by atoms with E-state index >= 15 is 0 Å². The molecule has 0 unspecified atom stereocenters. The van der Waals surface area contributed by atoms with Crippen LogP contribution < -0.4 is 11.2 Å². The van der Waals surface area contributed by atoms with Crippen LogP contribution in [0.15, 0.2) is 39.9 Å². The first kappa shape index (κ1) is 21.2. The summed E-state index contributed by atoms with van der Waals surface area (Å²) in [7, 11) is 0. The van der Waals surface area contributed by atoms with Gasteiger partial charge in [-0.05, 0) is 25.5 Å². The van der Waals surface area contributed by atoms with E-state index in [9.17, 15) is 18.8 Å². The van der Waals surface area contributed by atoms with E-state index in [-0.39, 0.29) is 23.3 Å². The van der Waals surface area contributed by atoms with Crippen molar-refractivity contribution in [3.05, 3.63) is 68.4 Å². The molecule has 1 aromatic carbocycles. The molecule has 8 nitrogen and oxygen atoms in total. The van der Waals surface area contributed by atoms with Gasteiger partial charge < -0.3 is 9.30 Å². The lowest BCUT2D eigenvalue weighted by molar-refractivity contribution is -0.139. The number of aromatic amines is 1. The number of nitrogens with zero attached hydrogens (tertiary/aromatic N) is 3. The molecule has 0 saturated carbocycles. The molecule has 9 heteroatoms. The second-order valence-corrected chi connectivity index (χ2v) is 6.67. The average molecular weight is 414 g/mol. The summed E-state index contributed by atoms with van der Waals surface area (Å²) in [5, 5.41) is 0. The normalized spacial score (nSPS) is 11.4. The molecule has 0 bridgehead atoms. The van der Waals surface area contributed by atoms with Gasteiger partial charge in [-0.1, -0.05) is 31.5 Å². The Labute approximate surface area is 171 Å². The van der Waals surface area contributed by atoms with Gasteiger partial charge in [-0.25, -0.2) is 19.0 Å². The van der Waals surface area contributed by atoms with Gasteiger partial charge in [-0.15, -0.1) is 0 Å². The number of hydrogen-bond acceptors (Lipinski definition) is 5. The molecule has 0 atom stereocenters. The molecule has 0 aliphatic heterocycles. The van der Waals surface area contributed by atoms with Crippen LogP contribution in [0.5, 0.6) is 0 Å². The van der Waals surface area contributed by atoms with Crippen LogP contribution >= 0.6 is 0 Å². The van der Waals surface area contributed by atoms with E-state index in [1.165, 1.54) is 22.8 Å². The number of halogens is 1. The number of H-pyrrole nitrogens is 1. The highest BCUT2D eigenvalue weighted by atomic mass is 19.1. The number of unbranched alkanes of at least 4 members (excludes halogenated alkanes) is 1. The van der Waals surface area contributed by atoms with E-state index in [0.29, 0.717) is 18.9 Å². The molecule has 0 spiro atoms. The zero-order valence-corrected chi connectivity index (χ0v) is 16.9. The highest BCUT2D eigenvalue weighted by Gasteiger charge is 2.18. The number of fused-ring (bicyclic) bond motifs is 1. The van der Waals surface area contributed by atoms with Crippen molar-refractivity contribution in [3.63, 3.8) is 0 Å². The Hall–Kier alpha value is -3.49. The summed E-state index contributed by atoms with van der Waals surface area (Å²) >= 11 is 0. The van der Waals surface area contributed by atoms with Gasteiger partial charge in [0.2, 0.25) is 0 Å². The van der Waals surface area contributed by atoms with Crippen LogP contribution in [0.3, 0.4) is 0 Å². The van der Waals surface area contributed by atoms with E-state index in [1.807, 2.05) is 13.8 Å². The van der Waals surface area contributed by atoms with Crippen molar-refractivity contribution in [2.45, 2.75) is 46.4 Å². The first-order valence-electron chi connectivity index (χ1n) is 9.77. The Kier molecular flexibility index (Phi) is 6.61. The third-order valence-corrected chi connectivity index (χ3v) is 4.66. The first-order chi connectivity index (χ1) is 14.5. The van der Waals surface area contributed by atoms with Crippen LogP contribution in [-0.4, -0.2) is 25.1 Å². The molecule has 3 rings (SSSR count). The number of aromatic nitrogens is 4. The smallest absolute Gasteiger partial charge is 0.331 e. The standard InChI is InChI=1S/C21H23FN4O4/c1-3-5-12-26-19-18(20(28)24-21(26)29)25(4-2)16(23-19)13-30-17(27)11-10-14-8-6-7-9-15(14)22/h6-11H,3-5,12-13H2,1-2H3,(H,24,28,29)/b11-10+. The number of carbonyl (C=O) groups is 1. The summed E-state index contributed by atoms with van der Waals surface area (Å²) in [6, 6.07) is 6.05. The van der Waals surface area contributed by atoms with Crippen LogP contribution in [0.4, 0.5) is 4.39 Å². The van der Waals surface area contributed by atoms with E-state index in [4.69, 9.17) is 4.74 Å². The van der Waals surface area contributed by atoms with E-state index in [1.54, 1.807) is 16.7 Å². The largest absolute Gasteiger partial charge is 0.454 e. The van der Waals surface area contributed by atoms with E-state index in [2.05, 4.69) is 9.97 Å². The van der Waals surface area contributed by atoms with Gasteiger partial charge in [-0.2, -0.15) is 0 Å². The molecule has 30 heavy (non-hydrogen) atoms. The molecule has 2 aromatic heterocycles. The van der Waals surface area contributed by atoms with Gasteiger partial charge in [0.05, 0.1) is 0 Å². The first-order valence-corrected chi connectivity index (χ1v) is 9.77. The molecule has 0 aliphatic rings. The van der Waals surface area contributed by atoms with Gasteiger partial charge in [0, 0.05) is 24.7 Å². The second kappa shape index (κ2) is 9.34. The van der Waals surface area contributed by atoms with Crippen molar-refractivity contribution in [2.24, 2.45) is 0 Å². The van der Waals surface area contributed by atoms with Crippen LogP contribution in [0.2, 0.25) is 0 Å². The number of aryl methyl sites for hydroxylation is 2. The van der Waals surface area contributed by atoms with Gasteiger partial charge in [0.15, 0.2) is 11.2 Å². The Balaban J connectivity index is 1.86. The molecule has 0 amide bonds. The fourth-order valence-corrected chi connectivity index (χ4v) is 3.14. The van der Waals surface area contributed by atoms with Gasteiger partial charge >= 0.3 is 11.7 Å². The fourth-order valence-electron chi connectivity index (χ4n) is 3.14. The van der Waals surface area contributed by atoms with Crippen molar-refractivity contribution in [3.8, 4) is 0 Å². The molecular weight excluding hydrogens is 391 g/mol. The van der Waals surface area contributed by atoms with E-state index < -0.39 is 23.0 Å². The molecular formula is C21H23FN4O4. The lowest BCUT2D eigenvalue weighted by Gasteiger charge is -2.06. The predicted molar refractivity (Wildman–Crippen MR) is 110 cm³/mol. The van der Waals surface area contributed by atoms with E-state index in [0.717, 1.165) is 18.9 Å². The zero-order valence-electron chi connectivity index (χ0n) is 16.9. The molecule has 0 radical (unpaired) electrons. The second-order valence-electron chi connectivity index (χ2n) is 6.67. The predicted octanol–water partition coefficient (Wildman–Crippen LogP) is 2.60. The molecule has 1 N–H and O–H groups in total. The maximum Gasteiger partial charge on any atom is 0.331 e. The number of nitrogens with one attached hydrogen (secondary N) is 1. The van der Waals surface area contributed by atoms with Gasteiger partial charge in [0.25, 0.3) is 5.56 Å². The maximum absolute atomic E-state index is 13.6. The molecule has 0 aliphatic carbocycles. The molecule has 158 valence electrons. The number of rotatable bonds is 8. The topological polar surface area (TPSA) is 99.0 Å². The molecule has 0 fully saturated rings. The van der Waals surface area contributed by atoms with Crippen LogP contribution in [0, 0.1) is 5.82 Å². The Morgan fingerprint density at radius 1 is 1.23 bits per heavy atom.